The molecule has 22 heavy (non-hydrogen) atoms. The fourth-order valence-electron chi connectivity index (χ4n) is 2.52. The van der Waals surface area contributed by atoms with Gasteiger partial charge >= 0.3 is 6.03 Å². The van der Waals surface area contributed by atoms with Crippen molar-refractivity contribution in [3.63, 3.8) is 0 Å². The zero-order valence-corrected chi connectivity index (χ0v) is 14.2. The molecule has 0 bridgehead atoms. The number of anilines is 1. The van der Waals surface area contributed by atoms with Gasteiger partial charge in [-0.25, -0.2) is 4.79 Å². The quantitative estimate of drug-likeness (QED) is 0.833. The zero-order valence-electron chi connectivity index (χ0n) is 13.4. The number of amides is 2. The molecule has 0 aromatic heterocycles. The summed E-state index contributed by atoms with van der Waals surface area (Å²) >= 11 is 1.95. The van der Waals surface area contributed by atoms with E-state index in [0.717, 1.165) is 10.9 Å². The maximum absolute atomic E-state index is 12.0. The van der Waals surface area contributed by atoms with E-state index in [1.165, 1.54) is 30.6 Å². The third kappa shape index (κ3) is 5.54. The average Bonchev–Trinajstić information content (AvgIpc) is 2.99. The monoisotopic (exact) mass is 322 g/mol. The summed E-state index contributed by atoms with van der Waals surface area (Å²) < 4.78 is 0. The molecule has 0 heterocycles. The summed E-state index contributed by atoms with van der Waals surface area (Å²) in [4.78, 5) is 14.9. The highest BCUT2D eigenvalue weighted by Gasteiger charge is 2.16. The zero-order chi connectivity index (χ0) is 15.9. The van der Waals surface area contributed by atoms with E-state index < -0.39 is 0 Å². The van der Waals surface area contributed by atoms with Crippen molar-refractivity contribution in [3.8, 4) is 0 Å². The van der Waals surface area contributed by atoms with Crippen molar-refractivity contribution in [2.45, 2.75) is 55.3 Å². The maximum atomic E-state index is 12.0. The molecule has 0 spiro atoms. The number of nitrogens with one attached hydrogen (secondary N) is 1. The van der Waals surface area contributed by atoms with Crippen molar-refractivity contribution in [2.75, 3.05) is 18.9 Å². The van der Waals surface area contributed by atoms with Crippen molar-refractivity contribution >= 4 is 23.5 Å². The van der Waals surface area contributed by atoms with Crippen LogP contribution in [0.15, 0.2) is 29.2 Å². The van der Waals surface area contributed by atoms with Crippen molar-refractivity contribution in [2.24, 2.45) is 0 Å². The van der Waals surface area contributed by atoms with Crippen LogP contribution in [0.2, 0.25) is 0 Å². The van der Waals surface area contributed by atoms with Crippen LogP contribution < -0.4 is 5.32 Å². The molecule has 1 saturated carbocycles. The highest BCUT2D eigenvalue weighted by molar-refractivity contribution is 8.00. The maximum Gasteiger partial charge on any atom is 0.321 e. The molecule has 0 aliphatic heterocycles. The number of nitrogens with zero attached hydrogens (tertiary/aromatic N) is 1. The SMILES string of the molecule is C[C@@H](O)CCN(C)C(=O)Nc1ccc(SC2CCCC2)cc1. The van der Waals surface area contributed by atoms with E-state index in [2.05, 4.69) is 17.4 Å². The molecular weight excluding hydrogens is 296 g/mol. The van der Waals surface area contributed by atoms with Crippen LogP contribution in [0.1, 0.15) is 39.0 Å². The number of carbonyl (C=O) groups is 1. The molecule has 0 radical (unpaired) electrons. The minimum Gasteiger partial charge on any atom is -0.393 e. The van der Waals surface area contributed by atoms with Gasteiger partial charge in [-0.2, -0.15) is 0 Å². The molecule has 2 N–H and O–H groups in total. The second kappa shape index (κ2) is 8.44. The number of benzene rings is 1. The summed E-state index contributed by atoms with van der Waals surface area (Å²) in [5.41, 5.74) is 0.810. The van der Waals surface area contributed by atoms with E-state index in [1.54, 1.807) is 18.9 Å². The number of hydrogen-bond acceptors (Lipinski definition) is 3. The van der Waals surface area contributed by atoms with E-state index in [0.29, 0.717) is 13.0 Å². The Morgan fingerprint density at radius 3 is 2.59 bits per heavy atom. The number of rotatable bonds is 6. The average molecular weight is 322 g/mol. The highest BCUT2D eigenvalue weighted by atomic mass is 32.2. The third-order valence-corrected chi connectivity index (χ3v) is 5.29. The molecule has 0 saturated heterocycles. The first-order valence-corrected chi connectivity index (χ1v) is 8.89. The number of thioether (sulfide) groups is 1. The second-order valence-electron chi connectivity index (χ2n) is 6.04. The van der Waals surface area contributed by atoms with Gasteiger partial charge in [-0.1, -0.05) is 12.8 Å². The summed E-state index contributed by atoms with van der Waals surface area (Å²) in [6.45, 7) is 2.27. The number of aliphatic hydroxyl groups excluding tert-OH is 1. The Kier molecular flexibility index (Phi) is 6.58. The Bertz CT molecular complexity index is 470. The summed E-state index contributed by atoms with van der Waals surface area (Å²) in [5, 5.41) is 12.9. The Balaban J connectivity index is 1.81. The van der Waals surface area contributed by atoms with Gasteiger partial charge in [0.1, 0.15) is 0 Å². The van der Waals surface area contributed by atoms with E-state index in [1.807, 2.05) is 23.9 Å². The van der Waals surface area contributed by atoms with Crippen molar-refractivity contribution in [3.05, 3.63) is 24.3 Å². The highest BCUT2D eigenvalue weighted by Crippen LogP contribution is 2.34. The lowest BCUT2D eigenvalue weighted by Gasteiger charge is -2.19. The van der Waals surface area contributed by atoms with Gasteiger partial charge in [-0.15, -0.1) is 11.8 Å². The van der Waals surface area contributed by atoms with Crippen molar-refractivity contribution in [1.82, 2.24) is 4.90 Å². The van der Waals surface area contributed by atoms with Gasteiger partial charge in [0.25, 0.3) is 0 Å². The Morgan fingerprint density at radius 2 is 2.00 bits per heavy atom. The van der Waals surface area contributed by atoms with Crippen LogP contribution in [0.25, 0.3) is 0 Å². The first-order valence-electron chi connectivity index (χ1n) is 8.01. The summed E-state index contributed by atoms with van der Waals surface area (Å²) in [6.07, 6.45) is 5.53. The standard InChI is InChI=1S/C17H26N2O2S/c1-13(20)11-12-19(2)17(21)18-14-7-9-16(10-8-14)22-15-5-3-4-6-15/h7-10,13,15,20H,3-6,11-12H2,1-2H3,(H,18,21)/t13-/m1/s1. The summed E-state index contributed by atoms with van der Waals surface area (Å²) in [7, 11) is 1.74. The number of carbonyl (C=O) groups excluding carboxylic acids is 1. The predicted molar refractivity (Wildman–Crippen MR) is 92.5 cm³/mol. The first kappa shape index (κ1) is 17.2. The Morgan fingerprint density at radius 1 is 1.36 bits per heavy atom. The summed E-state index contributed by atoms with van der Waals surface area (Å²) in [6, 6.07) is 7.93. The second-order valence-corrected chi connectivity index (χ2v) is 7.41. The third-order valence-electron chi connectivity index (χ3n) is 3.94. The molecule has 1 aliphatic rings. The van der Waals surface area contributed by atoms with E-state index >= 15 is 0 Å². The van der Waals surface area contributed by atoms with Crippen LogP contribution in [-0.4, -0.2) is 41.0 Å². The molecule has 4 nitrogen and oxygen atoms in total. The van der Waals surface area contributed by atoms with Crippen LogP contribution in [0, 0.1) is 0 Å². The topological polar surface area (TPSA) is 52.6 Å². The molecule has 5 heteroatoms. The Labute approximate surface area is 137 Å². The van der Waals surface area contributed by atoms with Gasteiger partial charge in [-0.3, -0.25) is 0 Å². The lowest BCUT2D eigenvalue weighted by molar-refractivity contribution is 0.167. The molecule has 1 fully saturated rings. The van der Waals surface area contributed by atoms with Gasteiger partial charge < -0.3 is 15.3 Å². The van der Waals surface area contributed by atoms with Gasteiger partial charge in [0.05, 0.1) is 6.10 Å². The number of urea groups is 1. The normalized spacial score (nSPS) is 16.5. The molecule has 1 aromatic carbocycles. The van der Waals surface area contributed by atoms with Crippen LogP contribution in [0.4, 0.5) is 10.5 Å². The van der Waals surface area contributed by atoms with E-state index in [9.17, 15) is 9.90 Å². The Hall–Kier alpha value is -1.20. The molecule has 122 valence electrons. The number of hydrogen-bond donors (Lipinski definition) is 2. The first-order chi connectivity index (χ1) is 10.5. The molecule has 2 amide bonds. The van der Waals surface area contributed by atoms with E-state index in [-0.39, 0.29) is 12.1 Å². The van der Waals surface area contributed by atoms with Gasteiger partial charge in [0.2, 0.25) is 0 Å². The van der Waals surface area contributed by atoms with Crippen LogP contribution >= 0.6 is 11.8 Å². The smallest absolute Gasteiger partial charge is 0.321 e. The fourth-order valence-corrected chi connectivity index (χ4v) is 3.76. The van der Waals surface area contributed by atoms with Crippen LogP contribution in [-0.2, 0) is 0 Å². The largest absolute Gasteiger partial charge is 0.393 e. The predicted octanol–water partition coefficient (Wildman–Crippen LogP) is 3.96. The molecule has 1 aromatic rings. The van der Waals surface area contributed by atoms with Gasteiger partial charge in [0, 0.05) is 29.4 Å². The van der Waals surface area contributed by atoms with Crippen LogP contribution in [0.3, 0.4) is 0 Å². The molecule has 1 aliphatic carbocycles. The molecular formula is C17H26N2O2S. The van der Waals surface area contributed by atoms with Crippen molar-refractivity contribution in [1.29, 1.82) is 0 Å². The lowest BCUT2D eigenvalue weighted by Crippen LogP contribution is -2.33. The fraction of sp³-hybridized carbons (Fsp3) is 0.588. The lowest BCUT2D eigenvalue weighted by atomic mass is 10.3. The number of aliphatic hydroxyl groups is 1. The van der Waals surface area contributed by atoms with Crippen LogP contribution in [0.5, 0.6) is 0 Å². The van der Waals surface area contributed by atoms with Gasteiger partial charge in [-0.05, 0) is 50.5 Å². The molecule has 0 unspecified atom stereocenters. The van der Waals surface area contributed by atoms with Gasteiger partial charge in [0.15, 0.2) is 0 Å². The minimum atomic E-state index is -0.387. The minimum absolute atomic E-state index is 0.142. The van der Waals surface area contributed by atoms with Crippen molar-refractivity contribution < 1.29 is 9.90 Å². The molecule has 2 rings (SSSR count). The molecule has 1 atom stereocenters. The summed E-state index contributed by atoms with van der Waals surface area (Å²) in [5.74, 6) is 0. The van der Waals surface area contributed by atoms with E-state index in [4.69, 9.17) is 0 Å².